The molecule has 2 aliphatic rings. The molecule has 0 bridgehead atoms. The highest BCUT2D eigenvalue weighted by Gasteiger charge is 2.58. The highest BCUT2D eigenvalue weighted by Crippen LogP contribution is 2.53. The van der Waals surface area contributed by atoms with Crippen LogP contribution in [0.15, 0.2) is 0 Å². The maximum Gasteiger partial charge on any atom is 0.410 e. The maximum atomic E-state index is 11.7. The molecule has 0 aromatic rings. The van der Waals surface area contributed by atoms with E-state index in [0.717, 1.165) is 13.1 Å². The molecule has 4 heteroatoms. The predicted molar refractivity (Wildman–Crippen MR) is 60.0 cm³/mol. The number of rotatable bonds is 1. The minimum Gasteiger partial charge on any atom is -0.444 e. The summed E-state index contributed by atoms with van der Waals surface area (Å²) >= 11 is 0. The monoisotopic (exact) mass is 227 g/mol. The van der Waals surface area contributed by atoms with Crippen molar-refractivity contribution in [1.29, 1.82) is 0 Å². The van der Waals surface area contributed by atoms with Crippen molar-refractivity contribution in [2.75, 3.05) is 13.1 Å². The number of carbonyl (C=O) groups is 1. The summed E-state index contributed by atoms with van der Waals surface area (Å²) in [4.78, 5) is 13.5. The highest BCUT2D eigenvalue weighted by atomic mass is 16.6. The predicted octanol–water partition coefficient (Wildman–Crippen LogP) is 1.48. The normalized spacial score (nSPS) is 34.6. The first-order valence-corrected chi connectivity index (χ1v) is 5.95. The summed E-state index contributed by atoms with van der Waals surface area (Å²) in [6.45, 7) is 8.95. The quantitative estimate of drug-likeness (QED) is 0.738. The number of likely N-dealkylation sites (tertiary alicyclic amines) is 1. The van der Waals surface area contributed by atoms with Crippen LogP contribution >= 0.6 is 0 Å². The number of hydrogen-bond acceptors (Lipinski definition) is 3. The Labute approximate surface area is 96.6 Å². The van der Waals surface area contributed by atoms with E-state index in [1.54, 1.807) is 4.90 Å². The zero-order chi connectivity index (χ0) is 12.1. The Balaban J connectivity index is 1.82. The van der Waals surface area contributed by atoms with Gasteiger partial charge in [-0.15, -0.1) is 0 Å². The number of amides is 1. The van der Waals surface area contributed by atoms with Crippen molar-refractivity contribution in [1.82, 2.24) is 4.90 Å². The molecule has 1 amide bonds. The van der Waals surface area contributed by atoms with Gasteiger partial charge in [-0.1, -0.05) is 0 Å². The van der Waals surface area contributed by atoms with E-state index in [2.05, 4.69) is 0 Å². The van der Waals surface area contributed by atoms with Gasteiger partial charge in [-0.05, 0) is 45.4 Å². The number of ether oxygens (including phenoxy) is 1. The maximum absolute atomic E-state index is 11.7. The molecule has 1 N–H and O–H groups in total. The number of carbonyl (C=O) groups excluding carboxylic acids is 1. The summed E-state index contributed by atoms with van der Waals surface area (Å²) in [6.07, 6.45) is -0.458. The van der Waals surface area contributed by atoms with Crippen molar-refractivity contribution >= 4 is 6.09 Å². The molecule has 0 aromatic heterocycles. The lowest BCUT2D eigenvalue weighted by Gasteiger charge is -2.26. The van der Waals surface area contributed by atoms with Crippen LogP contribution < -0.4 is 0 Å². The van der Waals surface area contributed by atoms with E-state index < -0.39 is 5.60 Å². The Morgan fingerprint density at radius 3 is 2.25 bits per heavy atom. The molecule has 92 valence electrons. The van der Waals surface area contributed by atoms with E-state index in [-0.39, 0.29) is 12.2 Å². The standard InChI is InChI=1S/C12H21NO3/c1-7(14)10-8-5-13(6-9(8)10)11(15)16-12(2,3)4/h7-10,14H,5-6H2,1-4H3/t7-,8+,9?,10?/m1/s1. The molecule has 2 fully saturated rings. The van der Waals surface area contributed by atoms with Crippen molar-refractivity contribution in [3.8, 4) is 0 Å². The van der Waals surface area contributed by atoms with E-state index >= 15 is 0 Å². The van der Waals surface area contributed by atoms with E-state index in [1.165, 1.54) is 0 Å². The van der Waals surface area contributed by atoms with Crippen LogP contribution in [0.25, 0.3) is 0 Å². The molecule has 0 radical (unpaired) electrons. The summed E-state index contributed by atoms with van der Waals surface area (Å²) < 4.78 is 5.31. The molecule has 1 aliphatic carbocycles. The van der Waals surface area contributed by atoms with Gasteiger partial charge in [0.2, 0.25) is 0 Å². The van der Waals surface area contributed by atoms with Gasteiger partial charge in [-0.25, -0.2) is 4.79 Å². The Morgan fingerprint density at radius 1 is 1.38 bits per heavy atom. The molecule has 16 heavy (non-hydrogen) atoms. The van der Waals surface area contributed by atoms with Crippen molar-refractivity contribution in [3.05, 3.63) is 0 Å². The molecule has 1 heterocycles. The van der Waals surface area contributed by atoms with Crippen LogP contribution in [0.3, 0.4) is 0 Å². The third-order valence-corrected chi connectivity index (χ3v) is 3.47. The molecule has 1 aliphatic heterocycles. The first kappa shape index (κ1) is 11.7. The molecule has 0 aromatic carbocycles. The minimum atomic E-state index is -0.423. The number of nitrogens with zero attached hydrogens (tertiary/aromatic N) is 1. The van der Waals surface area contributed by atoms with Crippen LogP contribution in [-0.2, 0) is 4.74 Å². The average Bonchev–Trinajstić information content (AvgIpc) is 2.60. The van der Waals surface area contributed by atoms with Crippen LogP contribution in [-0.4, -0.2) is 40.9 Å². The smallest absolute Gasteiger partial charge is 0.410 e. The average molecular weight is 227 g/mol. The van der Waals surface area contributed by atoms with Crippen LogP contribution in [0.4, 0.5) is 4.79 Å². The van der Waals surface area contributed by atoms with Crippen molar-refractivity contribution in [3.63, 3.8) is 0 Å². The minimum absolute atomic E-state index is 0.218. The van der Waals surface area contributed by atoms with Crippen LogP contribution in [0.1, 0.15) is 27.7 Å². The van der Waals surface area contributed by atoms with Crippen molar-refractivity contribution in [2.24, 2.45) is 17.8 Å². The third kappa shape index (κ3) is 2.17. The van der Waals surface area contributed by atoms with Crippen LogP contribution in [0.2, 0.25) is 0 Å². The second kappa shape index (κ2) is 3.62. The summed E-state index contributed by atoms with van der Waals surface area (Å²) in [5.74, 6) is 1.39. The van der Waals surface area contributed by atoms with E-state index in [0.29, 0.717) is 17.8 Å². The van der Waals surface area contributed by atoms with Gasteiger partial charge < -0.3 is 14.7 Å². The lowest BCUT2D eigenvalue weighted by atomic mass is 10.2. The van der Waals surface area contributed by atoms with E-state index in [4.69, 9.17) is 4.74 Å². The molecule has 2 unspecified atom stereocenters. The summed E-state index contributed by atoms with van der Waals surface area (Å²) in [6, 6.07) is 0. The zero-order valence-corrected chi connectivity index (χ0v) is 10.4. The lowest BCUT2D eigenvalue weighted by molar-refractivity contribution is 0.0246. The fraction of sp³-hybridized carbons (Fsp3) is 0.917. The lowest BCUT2D eigenvalue weighted by Crippen LogP contribution is -2.37. The molecule has 4 atom stereocenters. The van der Waals surface area contributed by atoms with Gasteiger partial charge in [0.25, 0.3) is 0 Å². The second-order valence-electron chi connectivity index (χ2n) is 6.03. The van der Waals surface area contributed by atoms with Gasteiger partial charge in [0.15, 0.2) is 0 Å². The van der Waals surface area contributed by atoms with Gasteiger partial charge in [-0.2, -0.15) is 0 Å². The van der Waals surface area contributed by atoms with Crippen LogP contribution in [0.5, 0.6) is 0 Å². The highest BCUT2D eigenvalue weighted by molar-refractivity contribution is 5.69. The largest absolute Gasteiger partial charge is 0.444 e. The van der Waals surface area contributed by atoms with Gasteiger partial charge >= 0.3 is 6.09 Å². The van der Waals surface area contributed by atoms with Gasteiger partial charge in [0.05, 0.1) is 6.10 Å². The molecule has 1 saturated carbocycles. The Hall–Kier alpha value is -0.770. The number of hydrogen-bond donors (Lipinski definition) is 1. The first-order chi connectivity index (χ1) is 7.29. The zero-order valence-electron chi connectivity index (χ0n) is 10.4. The molecular formula is C12H21NO3. The Morgan fingerprint density at radius 2 is 1.88 bits per heavy atom. The number of aliphatic hydroxyl groups is 1. The van der Waals surface area contributed by atoms with Crippen LogP contribution in [0, 0.1) is 17.8 Å². The Bertz CT molecular complexity index is 283. The SMILES string of the molecule is C[C@@H](O)C1C2CN(C(=O)OC(C)(C)C)C[C@@H]21. The molecule has 2 rings (SSSR count). The molecular weight excluding hydrogens is 206 g/mol. The number of aliphatic hydroxyl groups excluding tert-OH is 1. The fourth-order valence-electron chi connectivity index (χ4n) is 2.76. The fourth-order valence-corrected chi connectivity index (χ4v) is 2.76. The van der Waals surface area contributed by atoms with Crippen molar-refractivity contribution in [2.45, 2.75) is 39.4 Å². The van der Waals surface area contributed by atoms with Gasteiger partial charge in [-0.3, -0.25) is 0 Å². The number of piperidine rings is 1. The second-order valence-corrected chi connectivity index (χ2v) is 6.03. The van der Waals surface area contributed by atoms with Crippen molar-refractivity contribution < 1.29 is 14.6 Å². The molecule has 4 nitrogen and oxygen atoms in total. The van der Waals surface area contributed by atoms with E-state index in [9.17, 15) is 9.90 Å². The van der Waals surface area contributed by atoms with Gasteiger partial charge in [0, 0.05) is 13.1 Å². The molecule has 1 saturated heterocycles. The summed E-state index contributed by atoms with van der Waals surface area (Å²) in [7, 11) is 0. The van der Waals surface area contributed by atoms with E-state index in [1.807, 2.05) is 27.7 Å². The summed E-state index contributed by atoms with van der Waals surface area (Å²) in [5.41, 5.74) is -0.423. The summed E-state index contributed by atoms with van der Waals surface area (Å²) in [5, 5.41) is 9.47. The van der Waals surface area contributed by atoms with Gasteiger partial charge in [0.1, 0.15) is 5.60 Å². The number of fused-ring (bicyclic) bond motifs is 1. The topological polar surface area (TPSA) is 49.8 Å². The third-order valence-electron chi connectivity index (χ3n) is 3.47. The molecule has 0 spiro atoms. The Kier molecular flexibility index (Phi) is 2.65. The first-order valence-electron chi connectivity index (χ1n) is 5.95.